The van der Waals surface area contributed by atoms with Crippen molar-refractivity contribution < 1.29 is 19.1 Å². The summed E-state index contributed by atoms with van der Waals surface area (Å²) >= 11 is 12.0. The predicted molar refractivity (Wildman–Crippen MR) is 97.7 cm³/mol. The number of anilines is 1. The molecule has 2 rings (SSSR count). The van der Waals surface area contributed by atoms with Crippen molar-refractivity contribution >= 4 is 40.8 Å². The number of benzene rings is 2. The third-order valence-corrected chi connectivity index (χ3v) is 3.96. The Morgan fingerprint density at radius 3 is 2.38 bits per heavy atom. The molecule has 0 fully saturated rings. The number of rotatable bonds is 5. The molecule has 0 aliphatic rings. The van der Waals surface area contributed by atoms with Gasteiger partial charge in [0.1, 0.15) is 6.07 Å². The van der Waals surface area contributed by atoms with Crippen LogP contribution in [-0.4, -0.2) is 25.1 Å². The van der Waals surface area contributed by atoms with E-state index in [1.54, 1.807) is 24.3 Å². The van der Waals surface area contributed by atoms with Gasteiger partial charge in [-0.3, -0.25) is 4.79 Å². The van der Waals surface area contributed by atoms with Crippen molar-refractivity contribution in [3.05, 3.63) is 57.6 Å². The van der Waals surface area contributed by atoms with E-state index in [0.717, 1.165) is 0 Å². The monoisotopic (exact) mass is 392 g/mol. The van der Waals surface area contributed by atoms with E-state index in [-0.39, 0.29) is 21.4 Å². The van der Waals surface area contributed by atoms with Crippen molar-refractivity contribution in [2.75, 3.05) is 12.4 Å². The lowest BCUT2D eigenvalue weighted by Gasteiger charge is -2.15. The molecular weight excluding hydrogens is 379 g/mol. The van der Waals surface area contributed by atoms with Crippen molar-refractivity contribution in [1.82, 2.24) is 0 Å². The fourth-order valence-electron chi connectivity index (χ4n) is 2.08. The molecule has 6 nitrogen and oxygen atoms in total. The first-order valence-electron chi connectivity index (χ1n) is 7.41. The van der Waals surface area contributed by atoms with Crippen LogP contribution in [0.4, 0.5) is 5.69 Å². The average Bonchev–Trinajstić information content (AvgIpc) is 2.61. The van der Waals surface area contributed by atoms with E-state index in [4.69, 9.17) is 37.9 Å². The lowest BCUT2D eigenvalue weighted by atomic mass is 10.2. The molecule has 0 heterocycles. The number of hydrogen-bond acceptors (Lipinski definition) is 5. The Balaban J connectivity index is 2.09. The number of carbonyl (C=O) groups excluding carboxylic acids is 2. The van der Waals surface area contributed by atoms with Crippen molar-refractivity contribution in [2.24, 2.45) is 0 Å². The van der Waals surface area contributed by atoms with E-state index >= 15 is 0 Å². The summed E-state index contributed by atoms with van der Waals surface area (Å²) in [5, 5.41) is 11.9. The molecule has 2 aromatic rings. The maximum atomic E-state index is 12.2. The van der Waals surface area contributed by atoms with E-state index in [1.165, 1.54) is 26.2 Å². The Bertz CT molecular complexity index is 870. The summed E-state index contributed by atoms with van der Waals surface area (Å²) in [5.74, 6) is -1.11. The van der Waals surface area contributed by atoms with Gasteiger partial charge >= 0.3 is 5.97 Å². The van der Waals surface area contributed by atoms with Gasteiger partial charge in [0.2, 0.25) is 0 Å². The summed E-state index contributed by atoms with van der Waals surface area (Å²) in [4.78, 5) is 24.4. The van der Waals surface area contributed by atoms with E-state index < -0.39 is 18.0 Å². The molecule has 0 saturated heterocycles. The minimum atomic E-state index is -1.10. The SMILES string of the molecule is COc1c(Cl)cc(C(=O)O[C@H](C)C(=O)Nc2ccccc2C#N)cc1Cl. The first kappa shape index (κ1) is 19.6. The molecule has 0 bridgehead atoms. The largest absolute Gasteiger partial charge is 0.494 e. The molecule has 26 heavy (non-hydrogen) atoms. The van der Waals surface area contributed by atoms with Crippen molar-refractivity contribution in [1.29, 1.82) is 5.26 Å². The van der Waals surface area contributed by atoms with Crippen LogP contribution in [0, 0.1) is 11.3 Å². The molecule has 2 aromatic carbocycles. The normalized spacial score (nSPS) is 11.2. The van der Waals surface area contributed by atoms with Gasteiger partial charge in [0.05, 0.1) is 34.0 Å². The molecule has 0 aliphatic heterocycles. The zero-order valence-electron chi connectivity index (χ0n) is 13.9. The molecule has 0 unspecified atom stereocenters. The number of halogens is 2. The van der Waals surface area contributed by atoms with E-state index in [9.17, 15) is 9.59 Å². The number of methoxy groups -OCH3 is 1. The van der Waals surface area contributed by atoms with Gasteiger partial charge < -0.3 is 14.8 Å². The Labute approximate surface area is 160 Å². The molecule has 0 radical (unpaired) electrons. The van der Waals surface area contributed by atoms with Crippen LogP contribution in [0.2, 0.25) is 10.0 Å². The smallest absolute Gasteiger partial charge is 0.339 e. The quantitative estimate of drug-likeness (QED) is 0.774. The molecule has 0 saturated carbocycles. The minimum absolute atomic E-state index is 0.0814. The van der Waals surface area contributed by atoms with Gasteiger partial charge in [0.25, 0.3) is 5.91 Å². The lowest BCUT2D eigenvalue weighted by Crippen LogP contribution is -2.30. The van der Waals surface area contributed by atoms with Crippen LogP contribution in [0.1, 0.15) is 22.8 Å². The number of hydrogen-bond donors (Lipinski definition) is 1. The lowest BCUT2D eigenvalue weighted by molar-refractivity contribution is -0.123. The van der Waals surface area contributed by atoms with Crippen molar-refractivity contribution in [3.8, 4) is 11.8 Å². The fourth-order valence-corrected chi connectivity index (χ4v) is 2.72. The zero-order chi connectivity index (χ0) is 19.3. The highest BCUT2D eigenvalue weighted by molar-refractivity contribution is 6.37. The number of nitrogens with one attached hydrogen (secondary N) is 1. The maximum absolute atomic E-state index is 12.2. The number of amides is 1. The summed E-state index contributed by atoms with van der Waals surface area (Å²) in [7, 11) is 1.40. The fraction of sp³-hybridized carbons (Fsp3) is 0.167. The second kappa shape index (κ2) is 8.56. The number of para-hydroxylation sites is 1. The molecule has 0 spiro atoms. The average molecular weight is 393 g/mol. The minimum Gasteiger partial charge on any atom is -0.494 e. The highest BCUT2D eigenvalue weighted by atomic mass is 35.5. The van der Waals surface area contributed by atoms with Crippen LogP contribution in [0.3, 0.4) is 0 Å². The van der Waals surface area contributed by atoms with Crippen molar-refractivity contribution in [3.63, 3.8) is 0 Å². The second-order valence-corrected chi connectivity index (χ2v) is 5.98. The third kappa shape index (κ3) is 4.45. The van der Waals surface area contributed by atoms with Crippen LogP contribution in [0.5, 0.6) is 5.75 Å². The summed E-state index contributed by atoms with van der Waals surface area (Å²) in [6.07, 6.45) is -1.10. The topological polar surface area (TPSA) is 88.4 Å². The van der Waals surface area contributed by atoms with E-state index in [0.29, 0.717) is 11.3 Å². The van der Waals surface area contributed by atoms with Gasteiger partial charge in [0, 0.05) is 0 Å². The first-order chi connectivity index (χ1) is 12.4. The molecular formula is C18H14Cl2N2O4. The van der Waals surface area contributed by atoms with Crippen LogP contribution in [0.15, 0.2) is 36.4 Å². The van der Waals surface area contributed by atoms with Crippen LogP contribution in [0.25, 0.3) is 0 Å². The number of carbonyl (C=O) groups is 2. The molecule has 1 amide bonds. The van der Waals surface area contributed by atoms with Gasteiger partial charge in [-0.05, 0) is 31.2 Å². The Kier molecular flexibility index (Phi) is 6.45. The summed E-state index contributed by atoms with van der Waals surface area (Å²) in [6.45, 7) is 1.41. The van der Waals surface area contributed by atoms with Crippen LogP contribution in [-0.2, 0) is 9.53 Å². The predicted octanol–water partition coefficient (Wildman–Crippen LogP) is 4.06. The second-order valence-electron chi connectivity index (χ2n) is 5.17. The standard InChI is InChI=1S/C18H14Cl2N2O4/c1-10(17(23)22-15-6-4-3-5-11(15)9-21)26-18(24)12-7-13(19)16(25-2)14(20)8-12/h3-8,10H,1-2H3,(H,22,23)/t10-/m1/s1. The number of nitrogens with zero attached hydrogens (tertiary/aromatic N) is 1. The number of esters is 1. The third-order valence-electron chi connectivity index (χ3n) is 3.40. The van der Waals surface area contributed by atoms with Gasteiger partial charge in [-0.15, -0.1) is 0 Å². The Morgan fingerprint density at radius 1 is 1.19 bits per heavy atom. The summed E-state index contributed by atoms with van der Waals surface area (Å²) in [5.41, 5.74) is 0.712. The van der Waals surface area contributed by atoms with E-state index in [2.05, 4.69) is 5.32 Å². The first-order valence-corrected chi connectivity index (χ1v) is 8.17. The summed E-state index contributed by atoms with van der Waals surface area (Å²) < 4.78 is 10.1. The molecule has 0 aromatic heterocycles. The molecule has 8 heteroatoms. The van der Waals surface area contributed by atoms with Crippen LogP contribution < -0.4 is 10.1 Å². The molecule has 1 atom stereocenters. The number of nitriles is 1. The van der Waals surface area contributed by atoms with Gasteiger partial charge in [-0.2, -0.15) is 5.26 Å². The molecule has 0 aliphatic carbocycles. The Morgan fingerprint density at radius 2 is 1.81 bits per heavy atom. The van der Waals surface area contributed by atoms with Crippen molar-refractivity contribution in [2.45, 2.75) is 13.0 Å². The highest BCUT2D eigenvalue weighted by Gasteiger charge is 2.21. The highest BCUT2D eigenvalue weighted by Crippen LogP contribution is 2.34. The summed E-state index contributed by atoms with van der Waals surface area (Å²) in [6, 6.07) is 11.1. The van der Waals surface area contributed by atoms with Crippen LogP contribution >= 0.6 is 23.2 Å². The maximum Gasteiger partial charge on any atom is 0.339 e. The van der Waals surface area contributed by atoms with E-state index in [1.807, 2.05) is 6.07 Å². The molecule has 134 valence electrons. The number of ether oxygens (including phenoxy) is 2. The molecule has 1 N–H and O–H groups in total. The van der Waals surface area contributed by atoms with Gasteiger partial charge in [-0.25, -0.2) is 4.79 Å². The zero-order valence-corrected chi connectivity index (χ0v) is 15.4. The van der Waals surface area contributed by atoms with Gasteiger partial charge in [-0.1, -0.05) is 35.3 Å². The Hall–Kier alpha value is -2.75. The van der Waals surface area contributed by atoms with Gasteiger partial charge in [0.15, 0.2) is 11.9 Å².